The fourth-order valence-corrected chi connectivity index (χ4v) is 2.30. The zero-order valence-electron chi connectivity index (χ0n) is 7.63. The molecule has 3 nitrogen and oxygen atoms in total. The highest BCUT2D eigenvalue weighted by Gasteiger charge is 2.15. The van der Waals surface area contributed by atoms with E-state index in [0.717, 1.165) is 32.4 Å². The summed E-state index contributed by atoms with van der Waals surface area (Å²) in [6, 6.07) is 0. The van der Waals surface area contributed by atoms with E-state index in [1.54, 1.807) is 0 Å². The largest absolute Gasteiger partial charge is 0.317 e. The number of hydrogen-bond acceptors (Lipinski definition) is 3. The molecule has 1 aliphatic rings. The fourth-order valence-electron chi connectivity index (χ4n) is 1.69. The Morgan fingerprint density at radius 2 is 2.08 bits per heavy atom. The van der Waals surface area contributed by atoms with E-state index in [0.29, 0.717) is 12.3 Å². The van der Waals surface area contributed by atoms with Crippen LogP contribution < -0.4 is 5.32 Å². The molecule has 0 aliphatic carbocycles. The Bertz CT molecular complexity index is 233. The quantitative estimate of drug-likeness (QED) is 0.707. The zero-order valence-corrected chi connectivity index (χ0v) is 8.45. The minimum Gasteiger partial charge on any atom is -0.317 e. The van der Waals surface area contributed by atoms with E-state index in [9.17, 15) is 12.3 Å². The molecule has 1 rings (SSSR count). The van der Waals surface area contributed by atoms with Gasteiger partial charge in [0, 0.05) is 0 Å². The number of rotatable bonds is 3. The van der Waals surface area contributed by atoms with Crippen LogP contribution in [0.1, 0.15) is 25.7 Å². The smallest absolute Gasteiger partial charge is 0.302 e. The van der Waals surface area contributed by atoms with Crippen molar-refractivity contribution in [3.8, 4) is 0 Å². The molecule has 0 spiro atoms. The van der Waals surface area contributed by atoms with E-state index in [2.05, 4.69) is 5.32 Å². The van der Waals surface area contributed by atoms with Crippen molar-refractivity contribution in [3.05, 3.63) is 0 Å². The summed E-state index contributed by atoms with van der Waals surface area (Å²) >= 11 is 0. The van der Waals surface area contributed by atoms with Crippen LogP contribution in [-0.4, -0.2) is 27.3 Å². The summed E-state index contributed by atoms with van der Waals surface area (Å²) in [5.74, 6) is 0.0676. The second kappa shape index (κ2) is 4.91. The Hall–Kier alpha value is -0.160. The van der Waals surface area contributed by atoms with Gasteiger partial charge in [-0.1, -0.05) is 0 Å². The summed E-state index contributed by atoms with van der Waals surface area (Å²) in [6.45, 7) is 1.93. The lowest BCUT2D eigenvalue weighted by Crippen LogP contribution is -2.14. The van der Waals surface area contributed by atoms with Gasteiger partial charge in [-0.25, -0.2) is 0 Å². The Kier molecular flexibility index (Phi) is 4.12. The van der Waals surface area contributed by atoms with E-state index < -0.39 is 10.2 Å². The van der Waals surface area contributed by atoms with Gasteiger partial charge >= 0.3 is 10.2 Å². The lowest BCUT2D eigenvalue weighted by atomic mass is 9.98. The molecule has 1 aliphatic heterocycles. The summed E-state index contributed by atoms with van der Waals surface area (Å²) in [4.78, 5) is 0. The molecule has 0 radical (unpaired) electrons. The molecule has 1 atom stereocenters. The molecule has 0 saturated carbocycles. The molecule has 0 aromatic heterocycles. The van der Waals surface area contributed by atoms with Crippen LogP contribution in [0.3, 0.4) is 0 Å². The third kappa shape index (κ3) is 5.21. The molecule has 0 aromatic carbocycles. The van der Waals surface area contributed by atoms with Gasteiger partial charge in [-0.3, -0.25) is 0 Å². The Balaban J connectivity index is 2.27. The van der Waals surface area contributed by atoms with Crippen molar-refractivity contribution in [2.75, 3.05) is 18.8 Å². The third-order valence-corrected chi connectivity index (χ3v) is 3.19. The van der Waals surface area contributed by atoms with Crippen LogP contribution in [0.5, 0.6) is 0 Å². The highest BCUT2D eigenvalue weighted by molar-refractivity contribution is 7.86. The average Bonchev–Trinajstić information content (AvgIpc) is 2.26. The zero-order chi connectivity index (χ0) is 9.73. The molecule has 5 heteroatoms. The lowest BCUT2D eigenvalue weighted by molar-refractivity contribution is 0.451. The Morgan fingerprint density at radius 1 is 1.31 bits per heavy atom. The van der Waals surface area contributed by atoms with Crippen LogP contribution in [0.2, 0.25) is 0 Å². The van der Waals surface area contributed by atoms with Crippen LogP contribution in [0, 0.1) is 5.92 Å². The van der Waals surface area contributed by atoms with E-state index in [1.165, 1.54) is 0 Å². The number of hydrogen-bond donors (Lipinski definition) is 1. The molecule has 0 aromatic rings. The molecule has 0 bridgehead atoms. The molecular weight excluding hydrogens is 193 g/mol. The van der Waals surface area contributed by atoms with Gasteiger partial charge in [-0.05, 0) is 44.7 Å². The van der Waals surface area contributed by atoms with E-state index in [4.69, 9.17) is 0 Å². The fraction of sp³-hybridized carbons (Fsp3) is 1.00. The van der Waals surface area contributed by atoms with Gasteiger partial charge in [0.2, 0.25) is 0 Å². The minimum atomic E-state index is -4.26. The molecule has 78 valence electrons. The van der Waals surface area contributed by atoms with Crippen molar-refractivity contribution in [3.63, 3.8) is 0 Å². The van der Waals surface area contributed by atoms with Crippen LogP contribution in [0.25, 0.3) is 0 Å². The first kappa shape index (κ1) is 10.9. The highest BCUT2D eigenvalue weighted by atomic mass is 32.3. The first-order chi connectivity index (χ1) is 6.08. The molecule has 1 heterocycles. The lowest BCUT2D eigenvalue weighted by Gasteiger charge is -2.10. The van der Waals surface area contributed by atoms with Crippen molar-refractivity contribution >= 4 is 10.2 Å². The van der Waals surface area contributed by atoms with Gasteiger partial charge in [0.1, 0.15) is 0 Å². The summed E-state index contributed by atoms with van der Waals surface area (Å²) in [5.41, 5.74) is 0. The number of halogens is 1. The topological polar surface area (TPSA) is 46.2 Å². The predicted octanol–water partition coefficient (Wildman–Crippen LogP) is 1.07. The SMILES string of the molecule is O=S(=O)(F)CCC1CCCNCC1. The average molecular weight is 209 g/mol. The molecule has 13 heavy (non-hydrogen) atoms. The first-order valence-corrected chi connectivity index (χ1v) is 6.26. The normalized spacial score (nSPS) is 25.5. The summed E-state index contributed by atoms with van der Waals surface area (Å²) < 4.78 is 32.8. The van der Waals surface area contributed by atoms with Gasteiger partial charge in [-0.2, -0.15) is 8.42 Å². The van der Waals surface area contributed by atoms with Gasteiger partial charge in [-0.15, -0.1) is 3.89 Å². The van der Waals surface area contributed by atoms with E-state index in [-0.39, 0.29) is 5.75 Å². The summed E-state index contributed by atoms with van der Waals surface area (Å²) in [5, 5.41) is 3.23. The Morgan fingerprint density at radius 3 is 2.77 bits per heavy atom. The maximum absolute atomic E-state index is 12.2. The van der Waals surface area contributed by atoms with Crippen molar-refractivity contribution in [2.24, 2.45) is 5.92 Å². The third-order valence-electron chi connectivity index (χ3n) is 2.47. The summed E-state index contributed by atoms with van der Waals surface area (Å²) in [7, 11) is -4.26. The molecule has 1 fully saturated rings. The number of nitrogens with one attached hydrogen (secondary N) is 1. The predicted molar refractivity (Wildman–Crippen MR) is 49.7 cm³/mol. The monoisotopic (exact) mass is 209 g/mol. The van der Waals surface area contributed by atoms with Crippen molar-refractivity contribution in [1.82, 2.24) is 5.32 Å². The van der Waals surface area contributed by atoms with Crippen LogP contribution in [-0.2, 0) is 10.2 Å². The maximum atomic E-state index is 12.2. The van der Waals surface area contributed by atoms with Gasteiger partial charge in [0.05, 0.1) is 5.75 Å². The Labute approximate surface area is 78.9 Å². The second-order valence-corrected chi connectivity index (χ2v) is 5.06. The van der Waals surface area contributed by atoms with Crippen LogP contribution in [0.4, 0.5) is 3.89 Å². The molecular formula is C8H16FNO2S. The van der Waals surface area contributed by atoms with Crippen molar-refractivity contribution in [2.45, 2.75) is 25.7 Å². The second-order valence-electron chi connectivity index (χ2n) is 3.58. The van der Waals surface area contributed by atoms with Crippen LogP contribution in [0.15, 0.2) is 0 Å². The summed E-state index contributed by atoms with van der Waals surface area (Å²) in [6.07, 6.45) is 3.52. The van der Waals surface area contributed by atoms with Crippen molar-refractivity contribution in [1.29, 1.82) is 0 Å². The standard InChI is InChI=1S/C8H16FNO2S/c9-13(11,12)7-4-8-2-1-5-10-6-3-8/h8,10H,1-7H2. The van der Waals surface area contributed by atoms with E-state index >= 15 is 0 Å². The molecule has 1 saturated heterocycles. The van der Waals surface area contributed by atoms with Gasteiger partial charge in [0.15, 0.2) is 0 Å². The minimum absolute atomic E-state index is 0.308. The molecule has 1 N–H and O–H groups in total. The van der Waals surface area contributed by atoms with Gasteiger partial charge < -0.3 is 5.32 Å². The maximum Gasteiger partial charge on any atom is 0.302 e. The molecule has 0 amide bonds. The molecule has 1 unspecified atom stereocenters. The van der Waals surface area contributed by atoms with Crippen LogP contribution >= 0.6 is 0 Å². The highest BCUT2D eigenvalue weighted by Crippen LogP contribution is 2.18. The first-order valence-electron chi connectivity index (χ1n) is 4.71. The van der Waals surface area contributed by atoms with E-state index in [1.807, 2.05) is 0 Å². The van der Waals surface area contributed by atoms with Crippen molar-refractivity contribution < 1.29 is 12.3 Å². The van der Waals surface area contributed by atoms with Gasteiger partial charge in [0.25, 0.3) is 0 Å².